The van der Waals surface area contributed by atoms with Gasteiger partial charge < -0.3 is 18.3 Å². The number of hydrogen-bond acceptors (Lipinski definition) is 4. The summed E-state index contributed by atoms with van der Waals surface area (Å²) >= 11 is 0. The fraction of sp³-hybridized carbons (Fsp3) is 0.935. The van der Waals surface area contributed by atoms with Crippen LogP contribution in [0.15, 0.2) is 11.8 Å². The normalized spacial score (nSPS) is 45.4. The monoisotopic (exact) mass is 548 g/mol. The van der Waals surface area contributed by atoms with Crippen molar-refractivity contribution in [3.8, 4) is 0 Å². The number of rotatable bonds is 4. The molecule has 0 bridgehead atoms. The SMILES string of the molecule is CC1(C)O[C@@H]2C3C(CC[C@@]4(C)C3CC[C@@H]4O[Si](C)(C)C(C)(C)C)[C@@]3(C)CC=C(O[Si](C)(C)C)CC3[C@H]2O1. The van der Waals surface area contributed by atoms with Gasteiger partial charge in [0.2, 0.25) is 8.32 Å². The lowest BCUT2D eigenvalue weighted by Gasteiger charge is -2.62. The molecule has 212 valence electrons. The first-order valence-corrected chi connectivity index (χ1v) is 21.5. The van der Waals surface area contributed by atoms with Crippen LogP contribution in [0.2, 0.25) is 37.8 Å². The van der Waals surface area contributed by atoms with Gasteiger partial charge in [-0.1, -0.05) is 34.6 Å². The van der Waals surface area contributed by atoms with Crippen LogP contribution in [0.5, 0.6) is 0 Å². The molecule has 4 fully saturated rings. The molecule has 4 aliphatic carbocycles. The Balaban J connectivity index is 1.48. The Labute approximate surface area is 229 Å². The predicted molar refractivity (Wildman–Crippen MR) is 156 cm³/mol. The van der Waals surface area contributed by atoms with Gasteiger partial charge in [-0.3, -0.25) is 0 Å². The first kappa shape index (κ1) is 28.4. The maximum atomic E-state index is 7.20. The molecule has 1 aliphatic heterocycles. The largest absolute Gasteiger partial charge is 0.548 e. The van der Waals surface area contributed by atoms with Crippen molar-refractivity contribution in [3.63, 3.8) is 0 Å². The summed E-state index contributed by atoms with van der Waals surface area (Å²) in [6.45, 7) is 28.3. The Bertz CT molecular complexity index is 930. The number of fused-ring (bicyclic) bond motifs is 8. The zero-order chi connectivity index (χ0) is 27.4. The molecule has 9 atom stereocenters. The topological polar surface area (TPSA) is 36.9 Å². The van der Waals surface area contributed by atoms with Crippen LogP contribution in [0.3, 0.4) is 0 Å². The average Bonchev–Trinajstić information content (AvgIpc) is 3.22. The molecule has 1 saturated heterocycles. The first-order valence-electron chi connectivity index (χ1n) is 15.2. The molecule has 37 heavy (non-hydrogen) atoms. The van der Waals surface area contributed by atoms with E-state index in [1.807, 2.05) is 0 Å². The first-order chi connectivity index (χ1) is 16.8. The van der Waals surface area contributed by atoms with E-state index in [-0.39, 0.29) is 28.1 Å². The van der Waals surface area contributed by atoms with Crippen molar-refractivity contribution in [3.05, 3.63) is 11.8 Å². The minimum Gasteiger partial charge on any atom is -0.548 e. The van der Waals surface area contributed by atoms with Gasteiger partial charge in [0.05, 0.1) is 24.1 Å². The van der Waals surface area contributed by atoms with Gasteiger partial charge >= 0.3 is 0 Å². The van der Waals surface area contributed by atoms with Gasteiger partial charge in [-0.15, -0.1) is 0 Å². The maximum Gasteiger partial charge on any atom is 0.241 e. The minimum atomic E-state index is -1.83. The third-order valence-electron chi connectivity index (χ3n) is 11.8. The number of allylic oxidation sites excluding steroid dienone is 2. The van der Waals surface area contributed by atoms with E-state index in [2.05, 4.69) is 87.3 Å². The van der Waals surface area contributed by atoms with Gasteiger partial charge in [0, 0.05) is 12.3 Å². The average molecular weight is 549 g/mol. The standard InChI is InChI=1S/C31H56O4Si2/c1-28(2,3)37(11,12)35-24-14-13-21-25-22(16-18-31(21,24)7)30(6)17-15-20(34-36(8,9)10)19-23(30)26-27(25)33-29(4,5)32-26/h15,21-27H,13-14,16-19H2,1-12H3/t21?,22?,23?,24-,25?,26+,27+,30+,31-/m0/s1. The fourth-order valence-electron chi connectivity index (χ4n) is 8.94. The molecule has 4 nitrogen and oxygen atoms in total. The smallest absolute Gasteiger partial charge is 0.241 e. The van der Waals surface area contributed by atoms with E-state index < -0.39 is 22.4 Å². The zero-order valence-corrected chi connectivity index (χ0v) is 28.0. The summed E-state index contributed by atoms with van der Waals surface area (Å²) in [6, 6.07) is 0. The van der Waals surface area contributed by atoms with Gasteiger partial charge in [-0.25, -0.2) is 0 Å². The summed E-state index contributed by atoms with van der Waals surface area (Å²) in [7, 11) is -3.47. The fourth-order valence-corrected chi connectivity index (χ4v) is 11.3. The van der Waals surface area contributed by atoms with Crippen LogP contribution in [-0.2, 0) is 18.3 Å². The van der Waals surface area contributed by atoms with E-state index in [0.29, 0.717) is 29.8 Å². The lowest BCUT2D eigenvalue weighted by molar-refractivity contribution is -0.175. The molecule has 6 heteroatoms. The minimum absolute atomic E-state index is 0.151. The molecule has 0 aromatic heterocycles. The molecule has 0 amide bonds. The van der Waals surface area contributed by atoms with Crippen molar-refractivity contribution < 1.29 is 18.3 Å². The Kier molecular flexibility index (Phi) is 6.66. The zero-order valence-electron chi connectivity index (χ0n) is 26.0. The van der Waals surface area contributed by atoms with Crippen LogP contribution in [0, 0.1) is 34.5 Å². The molecule has 0 radical (unpaired) electrons. The van der Waals surface area contributed by atoms with E-state index in [4.69, 9.17) is 18.3 Å². The maximum absolute atomic E-state index is 7.20. The summed E-state index contributed by atoms with van der Waals surface area (Å²) < 4.78 is 27.5. The molecule has 0 aromatic rings. The molecule has 3 saturated carbocycles. The molecule has 0 N–H and O–H groups in total. The van der Waals surface area contributed by atoms with Gasteiger partial charge in [0.1, 0.15) is 0 Å². The summed E-state index contributed by atoms with van der Waals surface area (Å²) in [4.78, 5) is 0. The van der Waals surface area contributed by atoms with Crippen LogP contribution in [0.1, 0.15) is 87.0 Å². The van der Waals surface area contributed by atoms with Gasteiger partial charge in [-0.2, -0.15) is 0 Å². The molecule has 1 heterocycles. The van der Waals surface area contributed by atoms with Crippen LogP contribution >= 0.6 is 0 Å². The van der Waals surface area contributed by atoms with Gasteiger partial charge in [-0.05, 0) is 118 Å². The Morgan fingerprint density at radius 3 is 2.08 bits per heavy atom. The number of hydrogen-bond donors (Lipinski definition) is 0. The van der Waals surface area contributed by atoms with Crippen LogP contribution in [-0.4, -0.2) is 40.7 Å². The summed E-state index contributed by atoms with van der Waals surface area (Å²) in [5.74, 6) is 3.03. The van der Waals surface area contributed by atoms with E-state index in [0.717, 1.165) is 12.8 Å². The van der Waals surface area contributed by atoms with E-state index in [1.165, 1.54) is 31.4 Å². The Morgan fingerprint density at radius 1 is 0.838 bits per heavy atom. The molecular formula is C31H56O4Si2. The lowest BCUT2D eigenvalue weighted by atomic mass is 9.44. The van der Waals surface area contributed by atoms with Gasteiger partial charge in [0.25, 0.3) is 0 Å². The third kappa shape index (κ3) is 4.66. The second-order valence-electron chi connectivity index (χ2n) is 16.7. The highest BCUT2D eigenvalue weighted by Gasteiger charge is 2.68. The highest BCUT2D eigenvalue weighted by Crippen LogP contribution is 2.69. The lowest BCUT2D eigenvalue weighted by Crippen LogP contribution is -2.63. The van der Waals surface area contributed by atoms with Crippen molar-refractivity contribution in [1.29, 1.82) is 0 Å². The van der Waals surface area contributed by atoms with Crippen LogP contribution in [0.4, 0.5) is 0 Å². The van der Waals surface area contributed by atoms with Crippen LogP contribution < -0.4 is 0 Å². The van der Waals surface area contributed by atoms with Crippen molar-refractivity contribution >= 4 is 16.6 Å². The Hall–Kier alpha value is -0.146. The molecule has 5 aliphatic rings. The van der Waals surface area contributed by atoms with Crippen molar-refractivity contribution in [1.82, 2.24) is 0 Å². The molecule has 0 aromatic carbocycles. The molecule has 0 spiro atoms. The second-order valence-corrected chi connectivity index (χ2v) is 25.9. The van der Waals surface area contributed by atoms with Crippen LogP contribution in [0.25, 0.3) is 0 Å². The van der Waals surface area contributed by atoms with Crippen molar-refractivity contribution in [2.24, 2.45) is 34.5 Å². The quantitative estimate of drug-likeness (QED) is 0.330. The van der Waals surface area contributed by atoms with Crippen molar-refractivity contribution in [2.75, 3.05) is 0 Å². The third-order valence-corrected chi connectivity index (χ3v) is 17.1. The van der Waals surface area contributed by atoms with E-state index >= 15 is 0 Å². The number of ether oxygens (including phenoxy) is 2. The summed E-state index contributed by atoms with van der Waals surface area (Å²) in [6.07, 6.45) is 10.3. The van der Waals surface area contributed by atoms with E-state index in [1.54, 1.807) is 0 Å². The summed E-state index contributed by atoms with van der Waals surface area (Å²) in [5.41, 5.74) is 0.471. The summed E-state index contributed by atoms with van der Waals surface area (Å²) in [5, 5.41) is 0.242. The predicted octanol–water partition coefficient (Wildman–Crippen LogP) is 8.50. The van der Waals surface area contributed by atoms with Gasteiger partial charge in [0.15, 0.2) is 14.1 Å². The highest BCUT2D eigenvalue weighted by atomic mass is 28.4. The van der Waals surface area contributed by atoms with Crippen molar-refractivity contribution in [2.45, 2.75) is 149 Å². The molecule has 5 rings (SSSR count). The highest BCUT2D eigenvalue weighted by molar-refractivity contribution is 6.74. The molecular weight excluding hydrogens is 493 g/mol. The second kappa shape index (κ2) is 8.68. The van der Waals surface area contributed by atoms with E-state index in [9.17, 15) is 0 Å². The molecule has 4 unspecified atom stereocenters. The Morgan fingerprint density at radius 2 is 1.46 bits per heavy atom.